The lowest BCUT2D eigenvalue weighted by atomic mass is 9.91. The Morgan fingerprint density at radius 3 is 2.50 bits per heavy atom. The van der Waals surface area contributed by atoms with Gasteiger partial charge in [-0.25, -0.2) is 9.37 Å². The van der Waals surface area contributed by atoms with Crippen LogP contribution in [0.4, 0.5) is 27.3 Å². The second-order valence-corrected chi connectivity index (χ2v) is 15.3. The third kappa shape index (κ3) is 6.54. The number of nitrogens with zero attached hydrogens (tertiary/aromatic N) is 8. The van der Waals surface area contributed by atoms with Gasteiger partial charge >= 0.3 is 0 Å². The molecule has 15 heteroatoms. The van der Waals surface area contributed by atoms with Crippen molar-refractivity contribution in [3.05, 3.63) is 71.4 Å². The number of carbonyl (C=O) groups excluding carboxylic acids is 3. The summed E-state index contributed by atoms with van der Waals surface area (Å²) >= 11 is 0. The molecule has 0 bridgehead atoms. The van der Waals surface area contributed by atoms with Gasteiger partial charge in [-0.15, -0.1) is 10.2 Å². The average Bonchev–Trinajstić information content (AvgIpc) is 4.08. The molecule has 14 nitrogen and oxygen atoms in total. The van der Waals surface area contributed by atoms with Crippen LogP contribution < -0.4 is 20.9 Å². The van der Waals surface area contributed by atoms with Crippen LogP contribution in [0.5, 0.6) is 0 Å². The first-order valence-corrected chi connectivity index (χ1v) is 19.1. The molecule has 3 aromatic heterocycles. The van der Waals surface area contributed by atoms with Crippen LogP contribution in [-0.2, 0) is 11.3 Å². The number of aromatic nitrogens is 5. The van der Waals surface area contributed by atoms with E-state index in [0.717, 1.165) is 79.1 Å². The Balaban J connectivity index is 0.950. The van der Waals surface area contributed by atoms with Crippen LogP contribution in [-0.4, -0.2) is 97.9 Å². The highest BCUT2D eigenvalue weighted by Crippen LogP contribution is 2.50. The zero-order valence-electron chi connectivity index (χ0n) is 30.5. The number of fused-ring (bicyclic) bond motifs is 3. The van der Waals surface area contributed by atoms with Crippen molar-refractivity contribution in [3.8, 4) is 11.1 Å². The molecule has 2 aliphatic carbocycles. The fourth-order valence-corrected chi connectivity index (χ4v) is 7.97. The first-order valence-electron chi connectivity index (χ1n) is 19.1. The number of benzene rings is 1. The Morgan fingerprint density at radius 2 is 1.76 bits per heavy atom. The van der Waals surface area contributed by atoms with Gasteiger partial charge in [-0.05, 0) is 56.7 Å². The summed E-state index contributed by atoms with van der Waals surface area (Å²) < 4.78 is 15.9. The fourth-order valence-electron chi connectivity index (χ4n) is 7.97. The largest absolute Gasteiger partial charge is 0.364 e. The molecule has 9 rings (SSSR count). The monoisotopic (exact) mass is 733 g/mol. The molecule has 2 atom stereocenters. The van der Waals surface area contributed by atoms with Gasteiger partial charge in [0.2, 0.25) is 5.91 Å². The Labute approximate surface area is 312 Å². The van der Waals surface area contributed by atoms with E-state index in [4.69, 9.17) is 5.10 Å². The highest BCUT2D eigenvalue weighted by atomic mass is 19.1. The maximum Gasteiger partial charge on any atom is 0.274 e. The molecule has 2 saturated carbocycles. The van der Waals surface area contributed by atoms with Crippen molar-refractivity contribution in [2.24, 2.45) is 5.92 Å². The smallest absolute Gasteiger partial charge is 0.274 e. The normalized spacial score (nSPS) is 20.9. The van der Waals surface area contributed by atoms with Crippen molar-refractivity contribution < 1.29 is 18.8 Å². The number of pyridine rings is 1. The van der Waals surface area contributed by atoms with Crippen LogP contribution in [0, 0.1) is 5.92 Å². The summed E-state index contributed by atoms with van der Waals surface area (Å²) in [5.74, 6) is -0.296. The minimum absolute atomic E-state index is 0.000694. The van der Waals surface area contributed by atoms with Gasteiger partial charge in [0, 0.05) is 62.4 Å². The van der Waals surface area contributed by atoms with Gasteiger partial charge < -0.3 is 25.8 Å². The lowest BCUT2D eigenvalue weighted by Gasteiger charge is -2.43. The van der Waals surface area contributed by atoms with E-state index in [2.05, 4.69) is 65.7 Å². The molecule has 54 heavy (non-hydrogen) atoms. The topological polar surface area (TPSA) is 154 Å². The number of halogens is 1. The summed E-state index contributed by atoms with van der Waals surface area (Å²) in [6.07, 6.45) is 5.83. The van der Waals surface area contributed by atoms with Crippen molar-refractivity contribution in [2.45, 2.75) is 76.3 Å². The molecule has 0 spiro atoms. The molecule has 3 aliphatic heterocycles. The van der Waals surface area contributed by atoms with Crippen LogP contribution in [0.1, 0.15) is 89.9 Å². The summed E-state index contributed by atoms with van der Waals surface area (Å²) in [4.78, 5) is 49.6. The molecule has 280 valence electrons. The summed E-state index contributed by atoms with van der Waals surface area (Å²) in [5, 5.41) is 22.8. The van der Waals surface area contributed by atoms with E-state index >= 15 is 0 Å². The van der Waals surface area contributed by atoms with Crippen molar-refractivity contribution in [1.82, 2.24) is 40.1 Å². The van der Waals surface area contributed by atoms with Gasteiger partial charge in [0.1, 0.15) is 11.9 Å². The van der Waals surface area contributed by atoms with Gasteiger partial charge in [-0.2, -0.15) is 5.10 Å². The van der Waals surface area contributed by atoms with E-state index in [0.29, 0.717) is 36.7 Å². The van der Waals surface area contributed by atoms with Crippen molar-refractivity contribution in [3.63, 3.8) is 0 Å². The van der Waals surface area contributed by atoms with E-state index in [1.807, 2.05) is 30.5 Å². The molecule has 1 unspecified atom stereocenters. The molecule has 4 fully saturated rings. The second kappa shape index (κ2) is 13.8. The van der Waals surface area contributed by atoms with Crippen LogP contribution in [0.2, 0.25) is 0 Å². The van der Waals surface area contributed by atoms with Crippen LogP contribution >= 0.6 is 0 Å². The lowest BCUT2D eigenvalue weighted by Crippen LogP contribution is -2.48. The molecule has 3 N–H and O–H groups in total. The molecule has 6 heterocycles. The molecule has 4 aromatic rings. The zero-order valence-corrected chi connectivity index (χ0v) is 30.5. The summed E-state index contributed by atoms with van der Waals surface area (Å²) in [6, 6.07) is 13.6. The standard InChI is InChI=1S/C39H44FN11O3/c1-3-32-36-28(17-41-51(36)26-20-49(21-26)19-25-6-4-9-30(42-25)39(54)50-15-14-23(40)18-50)27-7-5-8-29(35(27)48(32)2)44-31-16-33(45-37(52)22-10-11-22)46-47-34(31)38(53)43-24-12-13-24/h4-9,16-17,22-24,26,32H,3,10-15,18-21H2,1-2H3,(H,43,53)(H2,44,45,46,52)/t23-,32?/m1/s1. The number of nitrogens with one attached hydrogen (secondary N) is 3. The molecule has 5 aliphatic rings. The number of carbonyl (C=O) groups is 3. The molecule has 1 aromatic carbocycles. The van der Waals surface area contributed by atoms with Gasteiger partial charge in [-0.3, -0.25) is 24.0 Å². The van der Waals surface area contributed by atoms with Crippen LogP contribution in [0.15, 0.2) is 48.7 Å². The van der Waals surface area contributed by atoms with Crippen LogP contribution in [0.25, 0.3) is 11.1 Å². The molecular formula is C39H44FN11O3. The first-order chi connectivity index (χ1) is 26.2. The maximum atomic E-state index is 13.7. The van der Waals surface area contributed by atoms with Crippen LogP contribution in [0.3, 0.4) is 0 Å². The minimum Gasteiger partial charge on any atom is -0.364 e. The average molecular weight is 734 g/mol. The van der Waals surface area contributed by atoms with E-state index in [1.54, 1.807) is 17.0 Å². The number of alkyl halides is 1. The summed E-state index contributed by atoms with van der Waals surface area (Å²) in [6.45, 7) is 4.92. The van der Waals surface area contributed by atoms with Gasteiger partial charge in [-0.1, -0.05) is 25.1 Å². The van der Waals surface area contributed by atoms with Gasteiger partial charge in [0.15, 0.2) is 11.5 Å². The fraction of sp³-hybridized carbons (Fsp3) is 0.462. The Morgan fingerprint density at radius 1 is 0.944 bits per heavy atom. The third-order valence-electron chi connectivity index (χ3n) is 11.2. The SMILES string of the molecule is CCC1c2c(cnn2C2CN(Cc3cccc(C(=O)N4CC[C@@H](F)C4)n3)C2)-c2cccc(Nc3cc(NC(=O)C4CC4)nnc3C(=O)NC3CC3)c2N1C. The van der Waals surface area contributed by atoms with E-state index in [-0.39, 0.29) is 54.0 Å². The van der Waals surface area contributed by atoms with Crippen molar-refractivity contribution in [1.29, 1.82) is 0 Å². The number of likely N-dealkylation sites (tertiary alicyclic amines) is 2. The number of rotatable bonds is 11. The van der Waals surface area contributed by atoms with Crippen molar-refractivity contribution >= 4 is 40.6 Å². The molecule has 2 saturated heterocycles. The quantitative estimate of drug-likeness (QED) is 0.195. The molecule has 0 radical (unpaired) electrons. The highest BCUT2D eigenvalue weighted by Gasteiger charge is 2.39. The zero-order chi connectivity index (χ0) is 37.1. The minimum atomic E-state index is -0.965. The number of hydrogen-bond acceptors (Lipinski definition) is 10. The summed E-state index contributed by atoms with van der Waals surface area (Å²) in [5.41, 5.74) is 6.86. The summed E-state index contributed by atoms with van der Waals surface area (Å²) in [7, 11) is 2.09. The number of anilines is 4. The number of hydrogen-bond donors (Lipinski definition) is 3. The van der Waals surface area contributed by atoms with Gasteiger partial charge in [0.25, 0.3) is 11.8 Å². The predicted octanol–water partition coefficient (Wildman–Crippen LogP) is 4.86. The van der Waals surface area contributed by atoms with E-state index < -0.39 is 6.17 Å². The Hall–Kier alpha value is -5.44. The Bertz CT molecular complexity index is 2130. The first kappa shape index (κ1) is 34.3. The number of amides is 3. The van der Waals surface area contributed by atoms with Crippen molar-refractivity contribution in [2.75, 3.05) is 48.8 Å². The number of para-hydroxylation sites is 1. The molecular weight excluding hydrogens is 690 g/mol. The van der Waals surface area contributed by atoms with E-state index in [1.165, 1.54) is 0 Å². The predicted molar refractivity (Wildman–Crippen MR) is 200 cm³/mol. The lowest BCUT2D eigenvalue weighted by molar-refractivity contribution is -0.117. The third-order valence-corrected chi connectivity index (χ3v) is 11.2. The Kier molecular flexibility index (Phi) is 8.75. The van der Waals surface area contributed by atoms with E-state index in [9.17, 15) is 18.8 Å². The van der Waals surface area contributed by atoms with Gasteiger partial charge in [0.05, 0.1) is 53.3 Å². The second-order valence-electron chi connectivity index (χ2n) is 15.3. The maximum absolute atomic E-state index is 13.7. The highest BCUT2D eigenvalue weighted by molar-refractivity contribution is 6.01. The molecule has 3 amide bonds.